The maximum atomic E-state index is 13.1. The second-order valence-corrected chi connectivity index (χ2v) is 17.5. The van der Waals surface area contributed by atoms with Crippen LogP contribution in [0.2, 0.25) is 0 Å². The van der Waals surface area contributed by atoms with Gasteiger partial charge < -0.3 is 40.5 Å². The smallest absolute Gasteiger partial charge is 0.338 e. The number of hydrogen-bond donors (Lipinski definition) is 7. The normalized spacial score (nSPS) is 45.3. The maximum Gasteiger partial charge on any atom is 0.338 e. The van der Waals surface area contributed by atoms with E-state index >= 15 is 0 Å². The largest absolute Gasteiger partial charge is 0.504 e. The second kappa shape index (κ2) is 10.6. The summed E-state index contributed by atoms with van der Waals surface area (Å²) >= 11 is 0. The molecule has 10 nitrogen and oxygen atoms in total. The van der Waals surface area contributed by atoms with Crippen molar-refractivity contribution in [2.45, 2.75) is 111 Å². The Morgan fingerprint density at radius 2 is 1.47 bits per heavy atom. The summed E-state index contributed by atoms with van der Waals surface area (Å²) in [6.45, 7) is 12.4. The lowest BCUT2D eigenvalue weighted by Crippen LogP contribution is -2.71. The number of ether oxygens (including phenoxy) is 1. The van der Waals surface area contributed by atoms with Crippen LogP contribution in [0.5, 0.6) is 17.2 Å². The first-order valence-electron chi connectivity index (χ1n) is 17.1. The summed E-state index contributed by atoms with van der Waals surface area (Å²) < 4.78 is 5.67. The van der Waals surface area contributed by atoms with Gasteiger partial charge in [0.25, 0.3) is 0 Å². The number of esters is 1. The molecule has 6 rings (SSSR count). The fraction of sp³-hybridized carbons (Fsp3) is 0.730. The Morgan fingerprint density at radius 3 is 2.09 bits per heavy atom. The third kappa shape index (κ3) is 4.60. The first-order chi connectivity index (χ1) is 21.7. The van der Waals surface area contributed by atoms with Gasteiger partial charge in [-0.1, -0.05) is 53.2 Å². The minimum absolute atomic E-state index is 0.0180. The molecule has 10 heteroatoms. The molecule has 0 amide bonds. The average molecular weight is 657 g/mol. The molecule has 3 unspecified atom stereocenters. The van der Waals surface area contributed by atoms with E-state index in [1.165, 1.54) is 5.57 Å². The highest BCUT2D eigenvalue weighted by atomic mass is 16.5. The number of aliphatic carboxylic acids is 1. The fourth-order valence-electron chi connectivity index (χ4n) is 12.0. The maximum absolute atomic E-state index is 13.1. The molecule has 0 spiro atoms. The zero-order valence-corrected chi connectivity index (χ0v) is 28.4. The van der Waals surface area contributed by atoms with Crippen LogP contribution in [0.4, 0.5) is 0 Å². The Balaban J connectivity index is 1.37. The minimum Gasteiger partial charge on any atom is -0.504 e. The summed E-state index contributed by atoms with van der Waals surface area (Å²) in [5, 5.41) is 75.3. The van der Waals surface area contributed by atoms with Gasteiger partial charge in [-0.25, -0.2) is 4.79 Å². The summed E-state index contributed by atoms with van der Waals surface area (Å²) in [6, 6.07) is 1.94. The van der Waals surface area contributed by atoms with E-state index in [9.17, 15) is 45.3 Å². The zero-order valence-electron chi connectivity index (χ0n) is 28.4. The highest BCUT2D eigenvalue weighted by Gasteiger charge is 2.72. The van der Waals surface area contributed by atoms with Crippen molar-refractivity contribution in [2.75, 3.05) is 6.61 Å². The lowest BCUT2D eigenvalue weighted by atomic mass is 9.33. The summed E-state index contributed by atoms with van der Waals surface area (Å²) in [4.78, 5) is 26.0. The monoisotopic (exact) mass is 656 g/mol. The van der Waals surface area contributed by atoms with Gasteiger partial charge in [-0.3, -0.25) is 4.79 Å². The van der Waals surface area contributed by atoms with E-state index in [2.05, 4.69) is 40.7 Å². The number of aromatic hydroxyl groups is 3. The number of phenols is 3. The number of carboxylic acid groups (broad SMARTS) is 1. The van der Waals surface area contributed by atoms with E-state index in [-0.39, 0.29) is 41.3 Å². The van der Waals surface area contributed by atoms with E-state index in [0.717, 1.165) is 25.0 Å². The van der Waals surface area contributed by atoms with E-state index in [1.807, 2.05) is 0 Å². The molecule has 1 aromatic rings. The summed E-state index contributed by atoms with van der Waals surface area (Å²) in [5.74, 6) is -4.43. The number of carbonyl (C=O) groups is 2. The van der Waals surface area contributed by atoms with Crippen molar-refractivity contribution in [1.29, 1.82) is 0 Å². The van der Waals surface area contributed by atoms with E-state index < -0.39 is 75.1 Å². The number of allylic oxidation sites excluding steroid dienone is 2. The van der Waals surface area contributed by atoms with Crippen molar-refractivity contribution in [2.24, 2.45) is 50.2 Å². The lowest BCUT2D eigenvalue weighted by Gasteiger charge is -2.72. The van der Waals surface area contributed by atoms with Crippen LogP contribution < -0.4 is 0 Å². The minimum atomic E-state index is -1.31. The van der Waals surface area contributed by atoms with Crippen molar-refractivity contribution < 1.29 is 50.1 Å². The van der Waals surface area contributed by atoms with Crippen molar-refractivity contribution in [3.63, 3.8) is 0 Å². The Kier molecular flexibility index (Phi) is 7.67. The highest BCUT2D eigenvalue weighted by molar-refractivity contribution is 5.91. The molecule has 0 saturated heterocycles. The van der Waals surface area contributed by atoms with Crippen LogP contribution in [0, 0.1) is 50.2 Å². The standard InChI is InChI=1S/C37H52O10/c1-32(2)9-11-37(31(45)46)12-10-35(5)20(21(37)15-32)7-8-26-33(3)16-25(41)29(43)34(4,28(33)24(40)17-36(26,35)6)18-47-30(44)19-13-22(38)27(42)23(39)14-19/h7,13-14,21,24-26,28-29,38-43H,8-12,15-18H2,1-6H3,(H,45,46)/t21?,24?,25-,26-,28?,29+,33-,34+,35-,36-,37+/m1/s1. The van der Waals surface area contributed by atoms with Gasteiger partial charge in [0.15, 0.2) is 17.2 Å². The van der Waals surface area contributed by atoms with Crippen LogP contribution in [0.3, 0.4) is 0 Å². The molecular formula is C37H52O10. The first kappa shape index (κ1) is 34.1. The predicted octanol–water partition coefficient (Wildman–Crippen LogP) is 5.13. The molecule has 11 atom stereocenters. The summed E-state index contributed by atoms with van der Waals surface area (Å²) in [5.41, 5.74) is -2.52. The topological polar surface area (TPSA) is 185 Å². The van der Waals surface area contributed by atoms with Crippen molar-refractivity contribution in [3.8, 4) is 17.2 Å². The van der Waals surface area contributed by atoms with Crippen LogP contribution in [0.15, 0.2) is 23.8 Å². The fourth-order valence-corrected chi connectivity index (χ4v) is 12.0. The Hall–Kier alpha value is -2.82. The molecule has 0 aliphatic heterocycles. The third-order valence-corrected chi connectivity index (χ3v) is 14.5. The van der Waals surface area contributed by atoms with Crippen molar-refractivity contribution in [3.05, 3.63) is 29.3 Å². The number of aliphatic hydroxyl groups excluding tert-OH is 3. The van der Waals surface area contributed by atoms with Crippen LogP contribution in [-0.2, 0) is 9.53 Å². The molecule has 4 fully saturated rings. The number of rotatable bonds is 4. The summed E-state index contributed by atoms with van der Waals surface area (Å²) in [7, 11) is 0. The van der Waals surface area contributed by atoms with Gasteiger partial charge in [-0.15, -0.1) is 0 Å². The van der Waals surface area contributed by atoms with Crippen LogP contribution in [0.1, 0.15) is 103 Å². The number of fused-ring (bicyclic) bond motifs is 7. The van der Waals surface area contributed by atoms with E-state index in [1.54, 1.807) is 6.92 Å². The van der Waals surface area contributed by atoms with E-state index in [0.29, 0.717) is 32.1 Å². The van der Waals surface area contributed by atoms with Gasteiger partial charge in [0, 0.05) is 11.3 Å². The molecule has 0 bridgehead atoms. The van der Waals surface area contributed by atoms with Gasteiger partial charge in [0.1, 0.15) is 0 Å². The van der Waals surface area contributed by atoms with Crippen molar-refractivity contribution in [1.82, 2.24) is 0 Å². The number of carbonyl (C=O) groups excluding carboxylic acids is 1. The van der Waals surface area contributed by atoms with Crippen LogP contribution in [-0.4, -0.2) is 72.6 Å². The molecule has 1 aromatic carbocycles. The molecular weight excluding hydrogens is 604 g/mol. The second-order valence-electron chi connectivity index (χ2n) is 17.5. The number of phenolic OH excluding ortho intramolecular Hbond substituents is 3. The lowest BCUT2D eigenvalue weighted by molar-refractivity contribution is -0.273. The Labute approximate surface area is 276 Å². The van der Waals surface area contributed by atoms with Gasteiger partial charge >= 0.3 is 11.9 Å². The molecule has 260 valence electrons. The van der Waals surface area contributed by atoms with E-state index in [4.69, 9.17) is 4.74 Å². The molecule has 4 saturated carbocycles. The first-order valence-corrected chi connectivity index (χ1v) is 17.1. The molecule has 7 N–H and O–H groups in total. The molecule has 0 heterocycles. The quantitative estimate of drug-likeness (QED) is 0.130. The molecule has 0 aromatic heterocycles. The highest BCUT2D eigenvalue weighted by Crippen LogP contribution is 2.75. The average Bonchev–Trinajstić information content (AvgIpc) is 2.97. The number of aliphatic hydroxyl groups is 3. The van der Waals surface area contributed by atoms with Gasteiger partial charge in [0.2, 0.25) is 0 Å². The number of carboxylic acids is 1. The zero-order chi connectivity index (χ0) is 34.7. The molecule has 5 aliphatic carbocycles. The molecule has 5 aliphatic rings. The Morgan fingerprint density at radius 1 is 0.851 bits per heavy atom. The molecule has 47 heavy (non-hydrogen) atoms. The van der Waals surface area contributed by atoms with Crippen LogP contribution >= 0.6 is 0 Å². The van der Waals surface area contributed by atoms with Gasteiger partial charge in [-0.2, -0.15) is 0 Å². The summed E-state index contributed by atoms with van der Waals surface area (Å²) in [6.07, 6.45) is 3.80. The number of benzene rings is 1. The predicted molar refractivity (Wildman–Crippen MR) is 172 cm³/mol. The Bertz CT molecular complexity index is 1490. The van der Waals surface area contributed by atoms with Gasteiger partial charge in [-0.05, 0) is 97.0 Å². The SMILES string of the molecule is CC1(C)CC[C@]2(C(=O)O)CC[C@]3(C)C(=CC[C@@H]4[C@@]5(C)C[C@@H](O)[C@H](O)[C@@](C)(COC(=O)c6cc(O)c(O)c(O)c6)C5C(O)C[C@]43C)C2C1. The number of hydrogen-bond acceptors (Lipinski definition) is 9. The molecule has 0 radical (unpaired) electrons. The van der Waals surface area contributed by atoms with Crippen molar-refractivity contribution >= 4 is 11.9 Å². The third-order valence-electron chi connectivity index (χ3n) is 14.5. The van der Waals surface area contributed by atoms with Crippen LogP contribution in [0.25, 0.3) is 0 Å². The van der Waals surface area contributed by atoms with Gasteiger partial charge in [0.05, 0.1) is 35.9 Å².